The number of carbonyl (C=O) groups is 4. The van der Waals surface area contributed by atoms with E-state index in [0.717, 1.165) is 42.6 Å². The number of benzene rings is 5. The van der Waals surface area contributed by atoms with Crippen LogP contribution in [0.15, 0.2) is 133 Å². The Morgan fingerprint density at radius 3 is 2.09 bits per heavy atom. The number of imide groups is 1. The maximum atomic E-state index is 16.3. The number of esters is 1. The number of amides is 3. The lowest BCUT2D eigenvalue weighted by molar-refractivity contribution is -0.384. The van der Waals surface area contributed by atoms with Crippen LogP contribution < -0.4 is 9.64 Å². The number of aliphatic hydroxyl groups excluding tert-OH is 1. The first-order valence-corrected chi connectivity index (χ1v) is 21.8. The number of morpholine rings is 1. The molecule has 64 heavy (non-hydrogen) atoms. The number of non-ortho nitro benzene ring substituents is 1. The molecule has 14 nitrogen and oxygen atoms in total. The first-order valence-electron chi connectivity index (χ1n) is 21.8. The molecule has 5 aromatic carbocycles. The van der Waals surface area contributed by atoms with Crippen LogP contribution in [0.3, 0.4) is 0 Å². The Balaban J connectivity index is 1.28. The molecule has 4 aliphatic rings. The number of rotatable bonds is 10. The van der Waals surface area contributed by atoms with Gasteiger partial charge in [0.1, 0.15) is 36.5 Å². The molecule has 328 valence electrons. The summed E-state index contributed by atoms with van der Waals surface area (Å²) >= 11 is 0. The second kappa shape index (κ2) is 18.1. The highest BCUT2D eigenvalue weighted by molar-refractivity contribution is 6.23. The number of nitrogens with zero attached hydrogens (tertiary/aromatic N) is 4. The van der Waals surface area contributed by atoms with E-state index in [-0.39, 0.29) is 31.2 Å². The SMILES string of the molecule is O=C1OC(c2ccccc2)C(c2ccccc2)N2C1C(C(=O)N1CCCCCCC1)C1(C(=O)N(C(=O)OCc3ccc([N+](=O)[O-])cc3)c3ccccc31)C2c1cccc(OCCO)c1. The molecule has 3 saturated heterocycles. The van der Waals surface area contributed by atoms with Gasteiger partial charge in [-0.25, -0.2) is 9.69 Å². The molecule has 0 aromatic heterocycles. The molecule has 3 amide bonds. The number of aliphatic hydroxyl groups is 1. The van der Waals surface area contributed by atoms with Gasteiger partial charge in [0.05, 0.1) is 35.2 Å². The van der Waals surface area contributed by atoms with Crippen molar-refractivity contribution in [2.24, 2.45) is 5.92 Å². The molecule has 0 aliphatic carbocycles. The minimum Gasteiger partial charge on any atom is -0.491 e. The summed E-state index contributed by atoms with van der Waals surface area (Å²) in [6, 6.07) is 35.3. The molecule has 1 N–H and O–H groups in total. The number of para-hydroxylation sites is 1. The van der Waals surface area contributed by atoms with Crippen LogP contribution in [0, 0.1) is 16.0 Å². The molecular weight excluding hydrogens is 817 g/mol. The normalized spacial score (nSPS) is 24.3. The average molecular weight is 865 g/mol. The second-order valence-electron chi connectivity index (χ2n) is 16.6. The Morgan fingerprint density at radius 2 is 1.41 bits per heavy atom. The van der Waals surface area contributed by atoms with Gasteiger partial charge in [-0.2, -0.15) is 0 Å². The van der Waals surface area contributed by atoms with Crippen molar-refractivity contribution in [3.63, 3.8) is 0 Å². The van der Waals surface area contributed by atoms with E-state index in [0.29, 0.717) is 41.1 Å². The fraction of sp³-hybridized carbons (Fsp3) is 0.320. The van der Waals surface area contributed by atoms with Gasteiger partial charge in [0, 0.05) is 25.2 Å². The highest BCUT2D eigenvalue weighted by atomic mass is 16.6. The van der Waals surface area contributed by atoms with Crippen LogP contribution in [0.25, 0.3) is 0 Å². The van der Waals surface area contributed by atoms with E-state index in [1.807, 2.05) is 71.6 Å². The third kappa shape index (κ3) is 7.45. The zero-order valence-corrected chi connectivity index (χ0v) is 35.1. The lowest BCUT2D eigenvalue weighted by atomic mass is 9.65. The maximum absolute atomic E-state index is 16.3. The van der Waals surface area contributed by atoms with Gasteiger partial charge in [0.25, 0.3) is 5.69 Å². The van der Waals surface area contributed by atoms with Crippen molar-refractivity contribution in [3.05, 3.63) is 171 Å². The number of hydrogen-bond acceptors (Lipinski definition) is 11. The average Bonchev–Trinajstić information content (AvgIpc) is 3.77. The van der Waals surface area contributed by atoms with Crippen LogP contribution in [0.4, 0.5) is 16.2 Å². The van der Waals surface area contributed by atoms with E-state index in [4.69, 9.17) is 14.2 Å². The predicted molar refractivity (Wildman–Crippen MR) is 234 cm³/mol. The van der Waals surface area contributed by atoms with Gasteiger partial charge < -0.3 is 24.2 Å². The standard InChI is InChI=1S/C50H48N4O10/c55-29-30-62-38-20-14-19-36(31-38)45-50(39-21-10-11-22-40(39)52(48(50)58)49(59)63-32-33-23-25-37(26-24-33)54(60)61)41(46(56)51-27-12-2-1-3-13-28-51)43-47(57)64-44(35-17-8-5-9-18-35)42(53(43)45)34-15-6-4-7-16-34/h4-11,14-26,31,41-45,55H,1-3,12-13,27-30,32H2. The monoisotopic (exact) mass is 864 g/mol. The Kier molecular flexibility index (Phi) is 12.0. The predicted octanol–water partition coefficient (Wildman–Crippen LogP) is 7.76. The van der Waals surface area contributed by atoms with E-state index in [9.17, 15) is 20.0 Å². The molecule has 5 aromatic rings. The maximum Gasteiger partial charge on any atom is 0.421 e. The van der Waals surface area contributed by atoms with Crippen LogP contribution in [0.1, 0.15) is 78.1 Å². The fourth-order valence-corrected chi connectivity index (χ4v) is 10.3. The van der Waals surface area contributed by atoms with Crippen molar-refractivity contribution >= 4 is 35.3 Å². The summed E-state index contributed by atoms with van der Waals surface area (Å²) in [5, 5.41) is 21.1. The molecule has 6 atom stereocenters. The smallest absolute Gasteiger partial charge is 0.421 e. The van der Waals surface area contributed by atoms with Crippen LogP contribution in [0.2, 0.25) is 0 Å². The lowest BCUT2D eigenvalue weighted by Crippen LogP contribution is -2.56. The number of fused-ring (bicyclic) bond motifs is 3. The highest BCUT2D eigenvalue weighted by Crippen LogP contribution is 2.66. The number of nitro groups is 1. The number of hydrogen-bond donors (Lipinski definition) is 1. The molecule has 0 saturated carbocycles. The number of carbonyl (C=O) groups excluding carboxylic acids is 4. The minimum atomic E-state index is -1.93. The number of ether oxygens (including phenoxy) is 3. The zero-order valence-electron chi connectivity index (χ0n) is 35.1. The van der Waals surface area contributed by atoms with Crippen molar-refractivity contribution in [1.29, 1.82) is 0 Å². The quantitative estimate of drug-likeness (QED) is 0.0828. The van der Waals surface area contributed by atoms with Crippen LogP contribution in [-0.4, -0.2) is 76.1 Å². The third-order valence-corrected chi connectivity index (χ3v) is 13.0. The number of nitro benzene ring substituents is 1. The lowest BCUT2D eigenvalue weighted by Gasteiger charge is -2.46. The summed E-state index contributed by atoms with van der Waals surface area (Å²) in [6.07, 6.45) is 2.47. The van der Waals surface area contributed by atoms with Crippen molar-refractivity contribution in [3.8, 4) is 5.75 Å². The van der Waals surface area contributed by atoms with Gasteiger partial charge in [0.15, 0.2) is 0 Å². The Hall–Kier alpha value is -6.90. The van der Waals surface area contributed by atoms with Gasteiger partial charge in [-0.1, -0.05) is 110 Å². The topological polar surface area (TPSA) is 169 Å². The Bertz CT molecular complexity index is 2530. The van der Waals surface area contributed by atoms with E-state index in [2.05, 4.69) is 0 Å². The molecule has 4 heterocycles. The number of likely N-dealkylation sites (tertiary alicyclic amines) is 1. The largest absolute Gasteiger partial charge is 0.491 e. The van der Waals surface area contributed by atoms with Gasteiger partial charge in [-0.3, -0.25) is 29.4 Å². The van der Waals surface area contributed by atoms with Crippen LogP contribution >= 0.6 is 0 Å². The van der Waals surface area contributed by atoms with Gasteiger partial charge in [-0.05, 0) is 71.0 Å². The van der Waals surface area contributed by atoms with E-state index >= 15 is 14.4 Å². The van der Waals surface area contributed by atoms with E-state index < -0.39 is 64.4 Å². The summed E-state index contributed by atoms with van der Waals surface area (Å²) in [6.45, 7) is 0.284. The minimum absolute atomic E-state index is 0.00708. The third-order valence-electron chi connectivity index (χ3n) is 13.0. The summed E-state index contributed by atoms with van der Waals surface area (Å²) in [4.78, 5) is 77.7. The molecule has 9 rings (SSSR count). The number of cyclic esters (lactones) is 1. The van der Waals surface area contributed by atoms with Crippen LogP contribution in [-0.2, 0) is 35.9 Å². The molecule has 6 unspecified atom stereocenters. The second-order valence-corrected chi connectivity index (χ2v) is 16.6. The molecule has 4 aliphatic heterocycles. The van der Waals surface area contributed by atoms with Gasteiger partial charge >= 0.3 is 12.1 Å². The van der Waals surface area contributed by atoms with Crippen molar-refractivity contribution in [1.82, 2.24) is 9.80 Å². The van der Waals surface area contributed by atoms with Crippen molar-refractivity contribution in [2.45, 2.75) is 68.4 Å². The van der Waals surface area contributed by atoms with Crippen LogP contribution in [0.5, 0.6) is 5.75 Å². The van der Waals surface area contributed by atoms with E-state index in [1.165, 1.54) is 24.3 Å². The Morgan fingerprint density at radius 1 is 0.766 bits per heavy atom. The fourth-order valence-electron chi connectivity index (χ4n) is 10.3. The first kappa shape index (κ1) is 42.4. The summed E-state index contributed by atoms with van der Waals surface area (Å²) in [5.41, 5.74) is 0.990. The molecular formula is C50H48N4O10. The van der Waals surface area contributed by atoms with E-state index in [1.54, 1.807) is 47.4 Å². The van der Waals surface area contributed by atoms with Gasteiger partial charge in [0.2, 0.25) is 11.8 Å². The Labute approximate surface area is 370 Å². The molecule has 14 heteroatoms. The number of anilines is 1. The summed E-state index contributed by atoms with van der Waals surface area (Å²) < 4.78 is 18.4. The molecule has 3 fully saturated rings. The van der Waals surface area contributed by atoms with Gasteiger partial charge in [-0.15, -0.1) is 0 Å². The summed E-state index contributed by atoms with van der Waals surface area (Å²) in [7, 11) is 0. The highest BCUT2D eigenvalue weighted by Gasteiger charge is 2.76. The summed E-state index contributed by atoms with van der Waals surface area (Å²) in [5.74, 6) is -2.81. The molecule has 0 bridgehead atoms. The van der Waals surface area contributed by atoms with Crippen molar-refractivity contribution in [2.75, 3.05) is 31.2 Å². The first-order chi connectivity index (χ1) is 31.2. The zero-order chi connectivity index (χ0) is 44.4. The molecule has 0 radical (unpaired) electrons. The molecule has 1 spiro atoms. The van der Waals surface area contributed by atoms with Crippen molar-refractivity contribution < 1.29 is 43.4 Å².